The molecule has 2 aliphatic heterocycles. The molecule has 0 radical (unpaired) electrons. The van der Waals surface area contributed by atoms with Crippen molar-refractivity contribution in [1.29, 1.82) is 0 Å². The average molecular weight is 405 g/mol. The Morgan fingerprint density at radius 3 is 2.60 bits per heavy atom. The maximum atomic E-state index is 12.9. The molecule has 3 aliphatic rings. The van der Waals surface area contributed by atoms with Gasteiger partial charge in [-0.05, 0) is 66.6 Å². The van der Waals surface area contributed by atoms with Crippen LogP contribution in [-0.2, 0) is 0 Å². The van der Waals surface area contributed by atoms with Crippen molar-refractivity contribution in [2.45, 2.75) is 31.2 Å². The normalized spacial score (nSPS) is 24.2. The van der Waals surface area contributed by atoms with Gasteiger partial charge in [-0.25, -0.2) is 0 Å². The third kappa shape index (κ3) is 3.13. The number of anilines is 1. The molecule has 3 atom stereocenters. The number of methoxy groups -OCH3 is 2. The van der Waals surface area contributed by atoms with Crippen LogP contribution in [0.5, 0.6) is 11.5 Å². The summed E-state index contributed by atoms with van der Waals surface area (Å²) in [7, 11) is 3.33. The molecule has 2 aromatic rings. The van der Waals surface area contributed by atoms with Crippen LogP contribution in [0.15, 0.2) is 48.6 Å². The quantitative estimate of drug-likeness (QED) is 0.746. The second-order valence-electron chi connectivity index (χ2n) is 8.39. The van der Waals surface area contributed by atoms with Gasteiger partial charge in [-0.3, -0.25) is 4.79 Å². The van der Waals surface area contributed by atoms with E-state index in [1.807, 2.05) is 17.0 Å². The number of benzene rings is 2. The van der Waals surface area contributed by atoms with Gasteiger partial charge >= 0.3 is 0 Å². The molecule has 0 saturated carbocycles. The van der Waals surface area contributed by atoms with Gasteiger partial charge in [-0.15, -0.1) is 0 Å². The number of hydrogen-bond donors (Lipinski definition) is 1. The highest BCUT2D eigenvalue weighted by Crippen LogP contribution is 2.50. The molecule has 1 N–H and O–H groups in total. The van der Waals surface area contributed by atoms with E-state index in [0.717, 1.165) is 55.1 Å². The Balaban J connectivity index is 1.48. The van der Waals surface area contributed by atoms with E-state index in [-0.39, 0.29) is 11.9 Å². The average Bonchev–Trinajstić information content (AvgIpc) is 3.49. The number of rotatable bonds is 4. The fraction of sp³-hybridized carbons (Fsp3) is 0.400. The Labute approximate surface area is 177 Å². The van der Waals surface area contributed by atoms with Crippen molar-refractivity contribution in [3.05, 3.63) is 65.2 Å². The van der Waals surface area contributed by atoms with Crippen LogP contribution in [0, 0.1) is 5.92 Å². The van der Waals surface area contributed by atoms with Crippen LogP contribution in [0.1, 0.15) is 52.7 Å². The van der Waals surface area contributed by atoms with Crippen LogP contribution in [-0.4, -0.2) is 38.1 Å². The molecule has 5 rings (SSSR count). The monoisotopic (exact) mass is 404 g/mol. The maximum absolute atomic E-state index is 12.9. The summed E-state index contributed by atoms with van der Waals surface area (Å²) in [5.41, 5.74) is 4.34. The highest BCUT2D eigenvalue weighted by molar-refractivity contribution is 5.95. The Bertz CT molecular complexity index is 994. The molecule has 156 valence electrons. The lowest BCUT2D eigenvalue weighted by Gasteiger charge is -2.38. The van der Waals surface area contributed by atoms with Crippen LogP contribution >= 0.6 is 0 Å². The Morgan fingerprint density at radius 1 is 1.03 bits per heavy atom. The van der Waals surface area contributed by atoms with Gasteiger partial charge in [0, 0.05) is 30.3 Å². The summed E-state index contributed by atoms with van der Waals surface area (Å²) in [6.45, 7) is 1.75. The van der Waals surface area contributed by atoms with Crippen molar-refractivity contribution in [2.75, 3.05) is 32.6 Å². The summed E-state index contributed by atoms with van der Waals surface area (Å²) in [4.78, 5) is 14.9. The van der Waals surface area contributed by atoms with Gasteiger partial charge in [0.2, 0.25) is 0 Å². The van der Waals surface area contributed by atoms with Gasteiger partial charge in [-0.1, -0.05) is 18.2 Å². The first kappa shape index (κ1) is 19.0. The topological polar surface area (TPSA) is 50.8 Å². The predicted octanol–water partition coefficient (Wildman–Crippen LogP) is 4.77. The van der Waals surface area contributed by atoms with Gasteiger partial charge < -0.3 is 19.7 Å². The fourth-order valence-corrected chi connectivity index (χ4v) is 5.21. The van der Waals surface area contributed by atoms with E-state index in [2.05, 4.69) is 41.7 Å². The highest BCUT2D eigenvalue weighted by atomic mass is 16.5. The standard InChI is InChI=1S/C25H28N2O3/c1-29-22-11-9-16(15-23(22)30-2)24-19-7-5-6-18(19)20-14-17(8-10-21(20)26-24)25(28)27-12-3-4-13-27/h5-6,8-11,14-15,18-19,24,26H,3-4,7,12-13H2,1-2H3. The summed E-state index contributed by atoms with van der Waals surface area (Å²) >= 11 is 0. The number of ether oxygens (including phenoxy) is 2. The van der Waals surface area contributed by atoms with Crippen molar-refractivity contribution >= 4 is 11.6 Å². The third-order valence-electron chi connectivity index (χ3n) is 6.77. The SMILES string of the molecule is COc1ccc(C2Nc3ccc(C(=O)N4CCCC4)cc3C3C=CCC32)cc1OC. The fourth-order valence-electron chi connectivity index (χ4n) is 5.21. The zero-order chi connectivity index (χ0) is 20.7. The number of fused-ring (bicyclic) bond motifs is 3. The van der Waals surface area contributed by atoms with Gasteiger partial charge in [0.05, 0.1) is 20.3 Å². The Kier molecular flexibility index (Phi) is 4.89. The highest BCUT2D eigenvalue weighted by Gasteiger charge is 2.38. The molecule has 3 unspecified atom stereocenters. The first-order valence-electron chi connectivity index (χ1n) is 10.8. The van der Waals surface area contributed by atoms with Crippen LogP contribution < -0.4 is 14.8 Å². The summed E-state index contributed by atoms with van der Waals surface area (Å²) in [5, 5.41) is 3.75. The summed E-state index contributed by atoms with van der Waals surface area (Å²) in [5.74, 6) is 2.37. The van der Waals surface area contributed by atoms with E-state index in [9.17, 15) is 4.79 Å². The minimum absolute atomic E-state index is 0.163. The molecule has 1 saturated heterocycles. The number of allylic oxidation sites excluding steroid dienone is 2. The van der Waals surface area contributed by atoms with E-state index in [1.54, 1.807) is 14.2 Å². The van der Waals surface area contributed by atoms with Gasteiger partial charge in [-0.2, -0.15) is 0 Å². The zero-order valence-corrected chi connectivity index (χ0v) is 17.6. The van der Waals surface area contributed by atoms with Gasteiger partial charge in [0.15, 0.2) is 11.5 Å². The predicted molar refractivity (Wildman–Crippen MR) is 117 cm³/mol. The van der Waals surface area contributed by atoms with Crippen molar-refractivity contribution < 1.29 is 14.3 Å². The minimum Gasteiger partial charge on any atom is -0.493 e. The molecule has 1 amide bonds. The number of amides is 1. The van der Waals surface area contributed by atoms with E-state index < -0.39 is 0 Å². The third-order valence-corrected chi connectivity index (χ3v) is 6.77. The Morgan fingerprint density at radius 2 is 1.83 bits per heavy atom. The molecule has 0 bridgehead atoms. The van der Waals surface area contributed by atoms with Gasteiger partial charge in [0.25, 0.3) is 5.91 Å². The Hall–Kier alpha value is -2.95. The molecule has 1 aliphatic carbocycles. The second-order valence-corrected chi connectivity index (χ2v) is 8.39. The molecule has 5 heteroatoms. The number of carbonyl (C=O) groups excluding carboxylic acids is 1. The van der Waals surface area contributed by atoms with E-state index in [1.165, 1.54) is 11.1 Å². The molecule has 2 aromatic carbocycles. The number of likely N-dealkylation sites (tertiary alicyclic amines) is 1. The molecule has 30 heavy (non-hydrogen) atoms. The van der Waals surface area contributed by atoms with Crippen molar-refractivity contribution in [1.82, 2.24) is 4.90 Å². The first-order chi connectivity index (χ1) is 14.7. The lowest BCUT2D eigenvalue weighted by molar-refractivity contribution is 0.0792. The van der Waals surface area contributed by atoms with E-state index in [0.29, 0.717) is 11.8 Å². The van der Waals surface area contributed by atoms with Crippen molar-refractivity contribution in [3.8, 4) is 11.5 Å². The van der Waals surface area contributed by atoms with Crippen LogP contribution in [0.2, 0.25) is 0 Å². The van der Waals surface area contributed by atoms with Crippen LogP contribution in [0.25, 0.3) is 0 Å². The first-order valence-corrected chi connectivity index (χ1v) is 10.8. The van der Waals surface area contributed by atoms with E-state index in [4.69, 9.17) is 9.47 Å². The van der Waals surface area contributed by atoms with Gasteiger partial charge in [0.1, 0.15) is 0 Å². The minimum atomic E-state index is 0.163. The molecule has 0 aromatic heterocycles. The largest absolute Gasteiger partial charge is 0.493 e. The number of nitrogens with zero attached hydrogens (tertiary/aromatic N) is 1. The smallest absolute Gasteiger partial charge is 0.253 e. The number of nitrogens with one attached hydrogen (secondary N) is 1. The summed E-state index contributed by atoms with van der Waals surface area (Å²) in [6, 6.07) is 12.5. The van der Waals surface area contributed by atoms with Crippen molar-refractivity contribution in [3.63, 3.8) is 0 Å². The summed E-state index contributed by atoms with van der Waals surface area (Å²) < 4.78 is 10.9. The lowest BCUT2D eigenvalue weighted by Crippen LogP contribution is -2.30. The van der Waals surface area contributed by atoms with E-state index >= 15 is 0 Å². The van der Waals surface area contributed by atoms with Crippen molar-refractivity contribution in [2.24, 2.45) is 5.92 Å². The molecular formula is C25H28N2O3. The lowest BCUT2D eigenvalue weighted by atomic mass is 9.76. The number of hydrogen-bond acceptors (Lipinski definition) is 4. The maximum Gasteiger partial charge on any atom is 0.253 e. The molecule has 5 nitrogen and oxygen atoms in total. The number of carbonyl (C=O) groups is 1. The molecule has 0 spiro atoms. The second kappa shape index (κ2) is 7.71. The molecule has 1 fully saturated rings. The molecular weight excluding hydrogens is 376 g/mol. The van der Waals surface area contributed by atoms with Crippen LogP contribution in [0.3, 0.4) is 0 Å². The molecule has 2 heterocycles. The summed E-state index contributed by atoms with van der Waals surface area (Å²) in [6.07, 6.45) is 7.81. The zero-order valence-electron chi connectivity index (χ0n) is 17.6. The van der Waals surface area contributed by atoms with Crippen LogP contribution in [0.4, 0.5) is 5.69 Å².